The third-order valence-electron chi connectivity index (χ3n) is 6.08. The number of ether oxygens (including phenoxy) is 1. The number of hydrogen-bond donors (Lipinski definition) is 3. The molecule has 13 heteroatoms. The fourth-order valence-electron chi connectivity index (χ4n) is 4.68. The minimum Gasteiger partial charge on any atom is -0.466 e. The molecule has 0 spiro atoms. The summed E-state index contributed by atoms with van der Waals surface area (Å²) in [7, 11) is 1.45. The van der Waals surface area contributed by atoms with E-state index in [0.717, 1.165) is 17.7 Å². The van der Waals surface area contributed by atoms with E-state index in [4.69, 9.17) is 4.74 Å². The van der Waals surface area contributed by atoms with Gasteiger partial charge in [0, 0.05) is 48.4 Å². The summed E-state index contributed by atoms with van der Waals surface area (Å²) in [5.74, 6) is 0.445. The highest BCUT2D eigenvalue weighted by Gasteiger charge is 2.43. The summed E-state index contributed by atoms with van der Waals surface area (Å²) >= 11 is 1.03. The van der Waals surface area contributed by atoms with Gasteiger partial charge in [0.2, 0.25) is 5.13 Å². The number of amides is 2. The van der Waals surface area contributed by atoms with Crippen LogP contribution in [-0.2, 0) is 6.18 Å². The monoisotopic (exact) mass is 467 g/mol. The molecule has 1 aliphatic heterocycles. The minimum atomic E-state index is -4.50. The van der Waals surface area contributed by atoms with Crippen LogP contribution in [0.1, 0.15) is 18.4 Å². The zero-order chi connectivity index (χ0) is 22.5. The zero-order valence-electron chi connectivity index (χ0n) is 16.9. The molecule has 5 rings (SSSR count). The van der Waals surface area contributed by atoms with Crippen LogP contribution in [0.15, 0.2) is 18.5 Å². The fourth-order valence-corrected chi connectivity index (χ4v) is 5.21. The average molecular weight is 467 g/mol. The number of alkyl halides is 3. The second-order valence-electron chi connectivity index (χ2n) is 8.04. The Labute approximate surface area is 184 Å². The van der Waals surface area contributed by atoms with Crippen LogP contribution < -0.4 is 15.4 Å². The van der Waals surface area contributed by atoms with Crippen LogP contribution in [-0.4, -0.2) is 56.5 Å². The van der Waals surface area contributed by atoms with Crippen molar-refractivity contribution >= 4 is 39.4 Å². The Bertz CT molecular complexity index is 1130. The number of pyridine rings is 1. The number of urea groups is 1. The number of aromatic amines is 1. The number of aromatic nitrogens is 4. The Morgan fingerprint density at radius 2 is 2.06 bits per heavy atom. The van der Waals surface area contributed by atoms with Crippen LogP contribution in [0.3, 0.4) is 0 Å². The van der Waals surface area contributed by atoms with Crippen LogP contribution in [0.25, 0.3) is 11.0 Å². The van der Waals surface area contributed by atoms with Gasteiger partial charge in [0.1, 0.15) is 5.65 Å². The van der Waals surface area contributed by atoms with Crippen molar-refractivity contribution in [2.24, 2.45) is 11.8 Å². The van der Waals surface area contributed by atoms with E-state index in [9.17, 15) is 18.0 Å². The first-order chi connectivity index (χ1) is 15.3. The number of carbonyl (C=O) groups excluding carboxylic acids is 1. The Balaban J connectivity index is 1.25. The van der Waals surface area contributed by atoms with Crippen molar-refractivity contribution in [2.75, 3.05) is 30.8 Å². The molecular weight excluding hydrogens is 447 g/mol. The molecule has 2 fully saturated rings. The van der Waals surface area contributed by atoms with Crippen molar-refractivity contribution in [1.82, 2.24) is 24.2 Å². The predicted molar refractivity (Wildman–Crippen MR) is 112 cm³/mol. The Morgan fingerprint density at radius 3 is 2.72 bits per heavy atom. The molecule has 2 unspecified atom stereocenters. The van der Waals surface area contributed by atoms with Gasteiger partial charge >= 0.3 is 18.2 Å². The van der Waals surface area contributed by atoms with Crippen molar-refractivity contribution in [2.45, 2.75) is 25.1 Å². The number of methoxy groups -OCH3 is 1. The van der Waals surface area contributed by atoms with Gasteiger partial charge < -0.3 is 19.9 Å². The number of nitrogens with one attached hydrogen (secondary N) is 3. The van der Waals surface area contributed by atoms with Gasteiger partial charge in [0.15, 0.2) is 0 Å². The molecule has 4 heterocycles. The maximum Gasteiger partial charge on any atom is 0.419 e. The van der Waals surface area contributed by atoms with Gasteiger partial charge in [-0.15, -0.1) is 4.37 Å². The summed E-state index contributed by atoms with van der Waals surface area (Å²) in [5, 5.41) is 6.64. The minimum absolute atomic E-state index is 0.0635. The van der Waals surface area contributed by atoms with Crippen molar-refractivity contribution < 1.29 is 22.7 Å². The average Bonchev–Trinajstić information content (AvgIpc) is 3.50. The number of likely N-dealkylation sites (tertiary alicyclic amines) is 1. The van der Waals surface area contributed by atoms with Gasteiger partial charge in [0.05, 0.1) is 18.4 Å². The van der Waals surface area contributed by atoms with Crippen LogP contribution in [0, 0.1) is 11.8 Å². The number of fused-ring (bicyclic) bond motifs is 2. The Kier molecular flexibility index (Phi) is 5.07. The van der Waals surface area contributed by atoms with Crippen molar-refractivity contribution in [3.63, 3.8) is 0 Å². The second kappa shape index (κ2) is 7.80. The number of anilines is 2. The van der Waals surface area contributed by atoms with E-state index in [1.165, 1.54) is 7.11 Å². The summed E-state index contributed by atoms with van der Waals surface area (Å²) < 4.78 is 49.6. The summed E-state index contributed by atoms with van der Waals surface area (Å²) in [5.41, 5.74) is -0.293. The van der Waals surface area contributed by atoms with Gasteiger partial charge in [-0.2, -0.15) is 18.2 Å². The molecule has 2 aliphatic rings. The first-order valence-corrected chi connectivity index (χ1v) is 10.8. The SMILES string of the molecule is COc1nsc(NC(=O)N2CC3CC(Nc4c(C(F)(F)F)cnc5[nH]ccc45)C[C@@H]3C2)n1. The lowest BCUT2D eigenvalue weighted by Gasteiger charge is -2.22. The fraction of sp³-hybridized carbons (Fsp3) is 0.474. The maximum absolute atomic E-state index is 13.6. The lowest BCUT2D eigenvalue weighted by Crippen LogP contribution is -2.34. The molecule has 0 aromatic carbocycles. The molecule has 170 valence electrons. The van der Waals surface area contributed by atoms with E-state index >= 15 is 0 Å². The van der Waals surface area contributed by atoms with Gasteiger partial charge in [-0.1, -0.05) is 0 Å². The molecule has 3 atom stereocenters. The molecule has 9 nitrogen and oxygen atoms in total. The van der Waals surface area contributed by atoms with Crippen LogP contribution in [0.5, 0.6) is 6.01 Å². The van der Waals surface area contributed by atoms with Gasteiger partial charge in [0.25, 0.3) is 0 Å². The second-order valence-corrected chi connectivity index (χ2v) is 8.79. The molecular formula is C19H20F3N7O2S. The van der Waals surface area contributed by atoms with E-state index in [1.54, 1.807) is 17.2 Å². The molecule has 1 saturated heterocycles. The normalized spacial score (nSPS) is 22.9. The number of H-pyrrole nitrogens is 1. The maximum atomic E-state index is 13.6. The molecule has 1 aliphatic carbocycles. The number of hydrogen-bond acceptors (Lipinski definition) is 7. The topological polar surface area (TPSA) is 108 Å². The molecule has 0 radical (unpaired) electrons. The summed E-state index contributed by atoms with van der Waals surface area (Å²) in [6, 6.07) is 1.43. The molecule has 3 aromatic rings. The van der Waals surface area contributed by atoms with E-state index in [1.807, 2.05) is 0 Å². The number of carbonyl (C=O) groups is 1. The highest BCUT2D eigenvalue weighted by molar-refractivity contribution is 7.10. The largest absolute Gasteiger partial charge is 0.466 e. The first-order valence-electron chi connectivity index (χ1n) is 10.0. The molecule has 3 N–H and O–H groups in total. The molecule has 3 aromatic heterocycles. The lowest BCUT2D eigenvalue weighted by atomic mass is 10.0. The number of rotatable bonds is 4. The van der Waals surface area contributed by atoms with E-state index in [-0.39, 0.29) is 35.6 Å². The molecule has 1 saturated carbocycles. The van der Waals surface area contributed by atoms with Crippen molar-refractivity contribution in [3.05, 3.63) is 24.0 Å². The number of nitrogens with zero attached hydrogens (tertiary/aromatic N) is 4. The standard InChI is InChI=1S/C19H20F3N7O2S/c1-31-16-26-17(32-28-16)27-18(30)29-7-9-4-11(5-10(9)8-29)25-14-12-2-3-23-15(12)24-6-13(14)19(20,21)22/h2-3,6,9-11H,4-5,7-8H2,1H3,(H2,23,24,25)(H,26,27,28,30)/t9-,10?,11?/m1/s1. The highest BCUT2D eigenvalue weighted by Crippen LogP contribution is 2.43. The Hall–Kier alpha value is -3.09. The van der Waals surface area contributed by atoms with E-state index in [0.29, 0.717) is 42.1 Å². The van der Waals surface area contributed by atoms with Gasteiger partial charge in [-0.3, -0.25) is 5.32 Å². The Morgan fingerprint density at radius 1 is 1.31 bits per heavy atom. The first kappa shape index (κ1) is 20.8. The van der Waals surface area contributed by atoms with E-state index < -0.39 is 11.7 Å². The molecule has 0 bridgehead atoms. The van der Waals surface area contributed by atoms with Crippen LogP contribution in [0.4, 0.5) is 28.8 Å². The third-order valence-corrected chi connectivity index (χ3v) is 6.70. The van der Waals surface area contributed by atoms with Crippen molar-refractivity contribution in [3.8, 4) is 6.01 Å². The van der Waals surface area contributed by atoms with Crippen LogP contribution >= 0.6 is 11.5 Å². The predicted octanol–water partition coefficient (Wildman–Crippen LogP) is 3.80. The summed E-state index contributed by atoms with van der Waals surface area (Å²) in [4.78, 5) is 25.1. The molecule has 32 heavy (non-hydrogen) atoms. The smallest absolute Gasteiger partial charge is 0.419 e. The molecule has 2 amide bonds. The lowest BCUT2D eigenvalue weighted by molar-refractivity contribution is -0.137. The highest BCUT2D eigenvalue weighted by atomic mass is 32.1. The number of halogens is 3. The zero-order valence-corrected chi connectivity index (χ0v) is 17.8. The quantitative estimate of drug-likeness (QED) is 0.539. The van der Waals surface area contributed by atoms with Gasteiger partial charge in [-0.25, -0.2) is 9.78 Å². The van der Waals surface area contributed by atoms with Crippen LogP contribution in [0.2, 0.25) is 0 Å². The van der Waals surface area contributed by atoms with Gasteiger partial charge in [-0.05, 0) is 30.7 Å². The summed E-state index contributed by atoms with van der Waals surface area (Å²) in [6.07, 6.45) is -0.682. The van der Waals surface area contributed by atoms with E-state index in [2.05, 4.69) is 30.0 Å². The third kappa shape index (κ3) is 3.80. The van der Waals surface area contributed by atoms with Crippen molar-refractivity contribution in [1.29, 1.82) is 0 Å². The summed E-state index contributed by atoms with van der Waals surface area (Å²) in [6.45, 7) is 1.10.